The average Bonchev–Trinajstić information content (AvgIpc) is 2.56. The number of nitrogens with one attached hydrogen (secondary N) is 3. The summed E-state index contributed by atoms with van der Waals surface area (Å²) >= 11 is 0. The molecule has 0 unspecified atom stereocenters. The maximum Gasteiger partial charge on any atom is 0.251 e. The van der Waals surface area contributed by atoms with Crippen molar-refractivity contribution in [1.29, 1.82) is 0 Å². The van der Waals surface area contributed by atoms with Crippen molar-refractivity contribution in [3.63, 3.8) is 0 Å². The molecule has 1 aromatic rings. The molecule has 8 heteroatoms. The molecule has 0 aromatic heterocycles. The number of likely N-dealkylation sites (N-methyl/N-ethyl adjacent to an activating group) is 1. The van der Waals surface area contributed by atoms with Gasteiger partial charge in [-0.15, -0.1) is 0 Å². The standard InChI is InChI=1S/C17H25N3O4S/c1-3-5-15(17(22)18-2)20-25(23,24)14-10-8-12(9-11-14)16(21)19-13-6-4-7-13/h8-11,13,15,20H,3-7H2,1-2H3,(H,18,22)(H,19,21)/t15-/m0/s1. The lowest BCUT2D eigenvalue weighted by Crippen LogP contribution is -2.45. The second kappa shape index (κ2) is 8.44. The highest BCUT2D eigenvalue weighted by molar-refractivity contribution is 7.89. The van der Waals surface area contributed by atoms with Crippen LogP contribution in [0.25, 0.3) is 0 Å². The van der Waals surface area contributed by atoms with Crippen LogP contribution in [0.3, 0.4) is 0 Å². The van der Waals surface area contributed by atoms with Gasteiger partial charge in [0.1, 0.15) is 6.04 Å². The van der Waals surface area contributed by atoms with Crippen molar-refractivity contribution in [1.82, 2.24) is 15.4 Å². The Morgan fingerprint density at radius 3 is 2.32 bits per heavy atom. The second-order valence-electron chi connectivity index (χ2n) is 6.20. The van der Waals surface area contributed by atoms with Crippen LogP contribution in [0.2, 0.25) is 0 Å². The lowest BCUT2D eigenvalue weighted by molar-refractivity contribution is -0.122. The van der Waals surface area contributed by atoms with Gasteiger partial charge >= 0.3 is 0 Å². The van der Waals surface area contributed by atoms with Gasteiger partial charge in [-0.25, -0.2) is 8.42 Å². The van der Waals surface area contributed by atoms with E-state index in [-0.39, 0.29) is 22.8 Å². The van der Waals surface area contributed by atoms with Crippen LogP contribution in [0.1, 0.15) is 49.4 Å². The second-order valence-corrected chi connectivity index (χ2v) is 7.92. The van der Waals surface area contributed by atoms with Crippen LogP contribution in [-0.4, -0.2) is 39.4 Å². The molecule has 1 aromatic carbocycles. The molecule has 3 N–H and O–H groups in total. The Hall–Kier alpha value is -1.93. The van der Waals surface area contributed by atoms with Gasteiger partial charge < -0.3 is 10.6 Å². The number of sulfonamides is 1. The van der Waals surface area contributed by atoms with Crippen LogP contribution < -0.4 is 15.4 Å². The Morgan fingerprint density at radius 1 is 1.20 bits per heavy atom. The van der Waals surface area contributed by atoms with Gasteiger partial charge in [0, 0.05) is 18.7 Å². The predicted octanol–water partition coefficient (Wildman–Crippen LogP) is 1.16. The Kier molecular flexibility index (Phi) is 6.55. The first kappa shape index (κ1) is 19.4. The number of amides is 2. The first-order valence-corrected chi connectivity index (χ1v) is 10.0. The summed E-state index contributed by atoms with van der Waals surface area (Å²) in [4.78, 5) is 23.9. The van der Waals surface area contributed by atoms with Crippen molar-refractivity contribution in [2.24, 2.45) is 0 Å². The van der Waals surface area contributed by atoms with Gasteiger partial charge in [-0.3, -0.25) is 9.59 Å². The Bertz CT molecular complexity index is 712. The molecular weight excluding hydrogens is 342 g/mol. The van der Waals surface area contributed by atoms with E-state index >= 15 is 0 Å². The summed E-state index contributed by atoms with van der Waals surface area (Å²) in [5.41, 5.74) is 0.419. The molecule has 0 heterocycles. The molecule has 25 heavy (non-hydrogen) atoms. The number of carbonyl (C=O) groups is 2. The van der Waals surface area contributed by atoms with Crippen LogP contribution in [0.15, 0.2) is 29.2 Å². The van der Waals surface area contributed by atoms with Gasteiger partial charge in [-0.05, 0) is 49.9 Å². The van der Waals surface area contributed by atoms with Crippen molar-refractivity contribution in [2.45, 2.75) is 56.0 Å². The first-order chi connectivity index (χ1) is 11.9. The summed E-state index contributed by atoms with van der Waals surface area (Å²) < 4.78 is 27.3. The Labute approximate surface area is 148 Å². The molecule has 0 aliphatic heterocycles. The van der Waals surface area contributed by atoms with Crippen LogP contribution in [0.5, 0.6) is 0 Å². The normalized spacial score (nSPS) is 15.9. The van der Waals surface area contributed by atoms with Crippen molar-refractivity contribution in [3.8, 4) is 0 Å². The summed E-state index contributed by atoms with van der Waals surface area (Å²) in [6.07, 6.45) is 4.17. The molecule has 0 saturated heterocycles. The van der Waals surface area contributed by atoms with Gasteiger partial charge in [-0.1, -0.05) is 13.3 Å². The Balaban J connectivity index is 2.08. The molecular formula is C17H25N3O4S. The summed E-state index contributed by atoms with van der Waals surface area (Å²) in [7, 11) is -2.37. The van der Waals surface area contributed by atoms with Crippen molar-refractivity contribution >= 4 is 21.8 Å². The smallest absolute Gasteiger partial charge is 0.251 e. The number of carbonyl (C=O) groups excluding carboxylic acids is 2. The molecule has 1 atom stereocenters. The lowest BCUT2D eigenvalue weighted by Gasteiger charge is -2.26. The van der Waals surface area contributed by atoms with E-state index in [0.717, 1.165) is 19.3 Å². The van der Waals surface area contributed by atoms with Gasteiger partial charge in [0.05, 0.1) is 4.90 Å². The summed E-state index contributed by atoms with van der Waals surface area (Å²) in [6.45, 7) is 1.87. The predicted molar refractivity (Wildman–Crippen MR) is 94.6 cm³/mol. The lowest BCUT2D eigenvalue weighted by atomic mass is 9.93. The third-order valence-corrected chi connectivity index (χ3v) is 5.79. The fourth-order valence-electron chi connectivity index (χ4n) is 2.57. The third-order valence-electron chi connectivity index (χ3n) is 4.30. The number of hydrogen-bond acceptors (Lipinski definition) is 4. The van der Waals surface area contributed by atoms with Crippen LogP contribution in [0.4, 0.5) is 0 Å². The van der Waals surface area contributed by atoms with Crippen LogP contribution in [-0.2, 0) is 14.8 Å². The number of rotatable bonds is 8. The first-order valence-electron chi connectivity index (χ1n) is 8.52. The maximum atomic E-state index is 12.5. The van der Waals surface area contributed by atoms with Gasteiger partial charge in [0.15, 0.2) is 0 Å². The van der Waals surface area contributed by atoms with E-state index in [0.29, 0.717) is 18.4 Å². The zero-order valence-electron chi connectivity index (χ0n) is 14.5. The molecule has 1 aliphatic carbocycles. The van der Waals surface area contributed by atoms with Gasteiger partial charge in [-0.2, -0.15) is 4.72 Å². The molecule has 7 nitrogen and oxygen atoms in total. The van der Waals surface area contributed by atoms with Gasteiger partial charge in [0.2, 0.25) is 15.9 Å². The molecule has 2 rings (SSSR count). The SMILES string of the molecule is CCC[C@H](NS(=O)(=O)c1ccc(C(=O)NC2CCC2)cc1)C(=O)NC. The minimum atomic E-state index is -3.84. The average molecular weight is 367 g/mol. The monoisotopic (exact) mass is 367 g/mol. The topological polar surface area (TPSA) is 104 Å². The fraction of sp³-hybridized carbons (Fsp3) is 0.529. The van der Waals surface area contributed by atoms with E-state index in [1.54, 1.807) is 0 Å². The van der Waals surface area contributed by atoms with E-state index in [4.69, 9.17) is 0 Å². The minimum absolute atomic E-state index is 0.0256. The highest BCUT2D eigenvalue weighted by Crippen LogP contribution is 2.19. The quantitative estimate of drug-likeness (QED) is 0.641. The summed E-state index contributed by atoms with van der Waals surface area (Å²) in [5.74, 6) is -0.572. The fourth-order valence-corrected chi connectivity index (χ4v) is 3.80. The number of hydrogen-bond donors (Lipinski definition) is 3. The van der Waals surface area contributed by atoms with E-state index in [1.807, 2.05) is 6.92 Å². The van der Waals surface area contributed by atoms with E-state index in [2.05, 4.69) is 15.4 Å². The van der Waals surface area contributed by atoms with Gasteiger partial charge in [0.25, 0.3) is 5.91 Å². The molecule has 1 saturated carbocycles. The third kappa shape index (κ3) is 5.02. The van der Waals surface area contributed by atoms with Crippen molar-refractivity contribution in [3.05, 3.63) is 29.8 Å². The zero-order valence-corrected chi connectivity index (χ0v) is 15.4. The largest absolute Gasteiger partial charge is 0.358 e. The minimum Gasteiger partial charge on any atom is -0.358 e. The molecule has 0 bridgehead atoms. The van der Waals surface area contributed by atoms with E-state index < -0.39 is 16.1 Å². The molecule has 138 valence electrons. The van der Waals surface area contributed by atoms with E-state index in [9.17, 15) is 18.0 Å². The van der Waals surface area contributed by atoms with E-state index in [1.165, 1.54) is 31.3 Å². The maximum absolute atomic E-state index is 12.5. The van der Waals surface area contributed by atoms with Crippen LogP contribution >= 0.6 is 0 Å². The summed E-state index contributed by atoms with van der Waals surface area (Å²) in [6, 6.07) is 5.13. The zero-order chi connectivity index (χ0) is 18.4. The highest BCUT2D eigenvalue weighted by Gasteiger charge is 2.25. The van der Waals surface area contributed by atoms with Crippen molar-refractivity contribution < 1.29 is 18.0 Å². The molecule has 0 spiro atoms. The molecule has 0 radical (unpaired) electrons. The molecule has 1 aliphatic rings. The Morgan fingerprint density at radius 2 is 1.84 bits per heavy atom. The van der Waals surface area contributed by atoms with Crippen molar-refractivity contribution in [2.75, 3.05) is 7.05 Å². The molecule has 2 amide bonds. The summed E-state index contributed by atoms with van der Waals surface area (Å²) in [5, 5.41) is 5.36. The highest BCUT2D eigenvalue weighted by atomic mass is 32.2. The molecule has 1 fully saturated rings. The number of benzene rings is 1. The van der Waals surface area contributed by atoms with Crippen LogP contribution in [0, 0.1) is 0 Å².